The lowest BCUT2D eigenvalue weighted by Crippen LogP contribution is -2.30. The van der Waals surface area contributed by atoms with Crippen LogP contribution in [0.25, 0.3) is 0 Å². The normalized spacial score (nSPS) is 18.9. The number of nitrogens with one attached hydrogen (secondary N) is 1. The molecule has 0 heterocycles. The van der Waals surface area contributed by atoms with Gasteiger partial charge in [-0.25, -0.2) is 0 Å². The molecule has 3 nitrogen and oxygen atoms in total. The van der Waals surface area contributed by atoms with Gasteiger partial charge < -0.3 is 11.1 Å². The van der Waals surface area contributed by atoms with Crippen LogP contribution in [-0.4, -0.2) is 18.5 Å². The van der Waals surface area contributed by atoms with Gasteiger partial charge in [0.05, 0.1) is 0 Å². The summed E-state index contributed by atoms with van der Waals surface area (Å²) in [7, 11) is 0. The molecule has 0 bridgehead atoms. The van der Waals surface area contributed by atoms with Crippen molar-refractivity contribution in [2.45, 2.75) is 70.8 Å². The van der Waals surface area contributed by atoms with E-state index >= 15 is 0 Å². The zero-order valence-electron chi connectivity index (χ0n) is 11.2. The monoisotopic (exact) mass is 240 g/mol. The smallest absolute Gasteiger partial charge is 0.220 e. The fraction of sp³-hybridized carbons (Fsp3) is 0.929. The van der Waals surface area contributed by atoms with Crippen molar-refractivity contribution in [2.75, 3.05) is 6.54 Å². The quantitative estimate of drug-likeness (QED) is 0.718. The summed E-state index contributed by atoms with van der Waals surface area (Å²) in [5.74, 6) is 1.01. The van der Waals surface area contributed by atoms with E-state index in [1.165, 1.54) is 32.1 Å². The molecule has 0 spiro atoms. The number of nitrogens with two attached hydrogens (primary N) is 1. The lowest BCUT2D eigenvalue weighted by atomic mass is 9.86. The summed E-state index contributed by atoms with van der Waals surface area (Å²) in [6.07, 6.45) is 10.4. The Hall–Kier alpha value is -0.570. The van der Waals surface area contributed by atoms with E-state index in [2.05, 4.69) is 12.2 Å². The fourth-order valence-electron chi connectivity index (χ4n) is 2.50. The zero-order valence-corrected chi connectivity index (χ0v) is 11.2. The average molecular weight is 240 g/mol. The first-order chi connectivity index (χ1) is 8.22. The van der Waals surface area contributed by atoms with Crippen LogP contribution >= 0.6 is 0 Å². The Balaban J connectivity index is 2.00. The highest BCUT2D eigenvalue weighted by Crippen LogP contribution is 2.27. The van der Waals surface area contributed by atoms with Crippen molar-refractivity contribution in [3.63, 3.8) is 0 Å². The van der Waals surface area contributed by atoms with Gasteiger partial charge in [0.15, 0.2) is 0 Å². The van der Waals surface area contributed by atoms with Gasteiger partial charge in [0, 0.05) is 19.0 Å². The Kier molecular flexibility index (Phi) is 7.25. The van der Waals surface area contributed by atoms with Crippen LogP contribution in [-0.2, 0) is 4.79 Å². The van der Waals surface area contributed by atoms with Gasteiger partial charge in [-0.05, 0) is 25.2 Å². The van der Waals surface area contributed by atoms with Gasteiger partial charge in [-0.2, -0.15) is 0 Å². The highest BCUT2D eigenvalue weighted by atomic mass is 16.1. The Labute approximate surface area is 106 Å². The molecule has 3 N–H and O–H groups in total. The Morgan fingerprint density at radius 1 is 1.35 bits per heavy atom. The number of carbonyl (C=O) groups is 1. The molecule has 3 heteroatoms. The molecule has 1 atom stereocenters. The molecule has 0 aromatic heterocycles. The van der Waals surface area contributed by atoms with E-state index in [0.717, 1.165) is 31.7 Å². The second-order valence-electron chi connectivity index (χ2n) is 5.35. The number of rotatable bonds is 7. The summed E-state index contributed by atoms with van der Waals surface area (Å²) in [6.45, 7) is 2.81. The maximum absolute atomic E-state index is 11.6. The SMILES string of the molecule is CCC(N)CCNC(=O)CCC1CCCCC1. The number of hydrogen-bond acceptors (Lipinski definition) is 2. The third kappa shape index (κ3) is 6.67. The molecule has 0 radical (unpaired) electrons. The van der Waals surface area contributed by atoms with Crippen molar-refractivity contribution >= 4 is 5.91 Å². The van der Waals surface area contributed by atoms with Gasteiger partial charge in [0.2, 0.25) is 5.91 Å². The molecular weight excluding hydrogens is 212 g/mol. The second-order valence-corrected chi connectivity index (χ2v) is 5.35. The van der Waals surface area contributed by atoms with Crippen LogP contribution in [0.4, 0.5) is 0 Å². The van der Waals surface area contributed by atoms with Crippen LogP contribution in [0.3, 0.4) is 0 Å². The zero-order chi connectivity index (χ0) is 12.5. The molecule has 1 rings (SSSR count). The van der Waals surface area contributed by atoms with Crippen LogP contribution in [0.5, 0.6) is 0 Å². The number of amides is 1. The predicted octanol–water partition coefficient (Wildman–Crippen LogP) is 2.59. The van der Waals surface area contributed by atoms with Gasteiger partial charge in [-0.3, -0.25) is 4.79 Å². The van der Waals surface area contributed by atoms with Crippen LogP contribution in [0, 0.1) is 5.92 Å². The first kappa shape index (κ1) is 14.5. The van der Waals surface area contributed by atoms with Crippen molar-refractivity contribution < 1.29 is 4.79 Å². The third-order valence-electron chi connectivity index (χ3n) is 3.87. The molecule has 1 saturated carbocycles. The van der Waals surface area contributed by atoms with Crippen molar-refractivity contribution in [2.24, 2.45) is 11.7 Å². The minimum atomic E-state index is 0.207. The summed E-state index contributed by atoms with van der Waals surface area (Å²) >= 11 is 0. The van der Waals surface area contributed by atoms with E-state index in [9.17, 15) is 4.79 Å². The van der Waals surface area contributed by atoms with Crippen LogP contribution in [0.1, 0.15) is 64.7 Å². The summed E-state index contributed by atoms with van der Waals surface area (Å²) in [5, 5.41) is 2.97. The fourth-order valence-corrected chi connectivity index (χ4v) is 2.50. The number of hydrogen-bond donors (Lipinski definition) is 2. The van der Waals surface area contributed by atoms with Crippen molar-refractivity contribution in [3.8, 4) is 0 Å². The van der Waals surface area contributed by atoms with E-state index in [4.69, 9.17) is 5.73 Å². The van der Waals surface area contributed by atoms with Crippen LogP contribution < -0.4 is 11.1 Å². The Morgan fingerprint density at radius 2 is 2.06 bits per heavy atom. The van der Waals surface area contributed by atoms with Crippen molar-refractivity contribution in [1.29, 1.82) is 0 Å². The second kappa shape index (κ2) is 8.51. The van der Waals surface area contributed by atoms with Crippen LogP contribution in [0.15, 0.2) is 0 Å². The van der Waals surface area contributed by atoms with E-state index < -0.39 is 0 Å². The van der Waals surface area contributed by atoms with E-state index in [1.807, 2.05) is 0 Å². The molecule has 1 fully saturated rings. The summed E-state index contributed by atoms with van der Waals surface area (Å²) in [6, 6.07) is 0.230. The van der Waals surface area contributed by atoms with E-state index in [1.54, 1.807) is 0 Å². The third-order valence-corrected chi connectivity index (χ3v) is 3.87. The van der Waals surface area contributed by atoms with Crippen molar-refractivity contribution in [3.05, 3.63) is 0 Å². The molecule has 0 aliphatic heterocycles. The summed E-state index contributed by atoms with van der Waals surface area (Å²) in [4.78, 5) is 11.6. The highest BCUT2D eigenvalue weighted by molar-refractivity contribution is 5.75. The summed E-state index contributed by atoms with van der Waals surface area (Å²) in [5.41, 5.74) is 5.80. The maximum atomic E-state index is 11.6. The molecule has 0 aromatic rings. The van der Waals surface area contributed by atoms with Gasteiger partial charge in [0.25, 0.3) is 0 Å². The van der Waals surface area contributed by atoms with E-state index in [-0.39, 0.29) is 11.9 Å². The first-order valence-corrected chi connectivity index (χ1v) is 7.24. The molecule has 0 aromatic carbocycles. The predicted molar refractivity (Wildman–Crippen MR) is 71.7 cm³/mol. The molecule has 100 valence electrons. The van der Waals surface area contributed by atoms with Gasteiger partial charge in [-0.15, -0.1) is 0 Å². The minimum Gasteiger partial charge on any atom is -0.356 e. The molecule has 17 heavy (non-hydrogen) atoms. The summed E-state index contributed by atoms with van der Waals surface area (Å²) < 4.78 is 0. The standard InChI is InChI=1S/C14H28N2O/c1-2-13(15)10-11-16-14(17)9-8-12-6-4-3-5-7-12/h12-13H,2-11,15H2,1H3,(H,16,17). The Morgan fingerprint density at radius 3 is 2.71 bits per heavy atom. The lowest BCUT2D eigenvalue weighted by molar-refractivity contribution is -0.121. The highest BCUT2D eigenvalue weighted by Gasteiger charge is 2.14. The molecule has 1 amide bonds. The van der Waals surface area contributed by atoms with Gasteiger partial charge >= 0.3 is 0 Å². The van der Waals surface area contributed by atoms with Gasteiger partial charge in [-0.1, -0.05) is 39.0 Å². The lowest BCUT2D eigenvalue weighted by Gasteiger charge is -2.21. The average Bonchev–Trinajstić information content (AvgIpc) is 2.37. The van der Waals surface area contributed by atoms with Gasteiger partial charge in [0.1, 0.15) is 0 Å². The number of carbonyl (C=O) groups excluding carboxylic acids is 1. The van der Waals surface area contributed by atoms with E-state index in [0.29, 0.717) is 6.42 Å². The topological polar surface area (TPSA) is 55.1 Å². The van der Waals surface area contributed by atoms with Crippen LogP contribution in [0.2, 0.25) is 0 Å². The molecule has 1 aliphatic carbocycles. The molecule has 1 unspecified atom stereocenters. The molecular formula is C14H28N2O. The minimum absolute atomic E-state index is 0.207. The Bertz CT molecular complexity index is 212. The molecule has 0 saturated heterocycles. The largest absolute Gasteiger partial charge is 0.356 e. The first-order valence-electron chi connectivity index (χ1n) is 7.24. The maximum Gasteiger partial charge on any atom is 0.220 e. The molecule has 1 aliphatic rings. The van der Waals surface area contributed by atoms with Crippen molar-refractivity contribution in [1.82, 2.24) is 5.32 Å².